The van der Waals surface area contributed by atoms with Crippen LogP contribution in [0.1, 0.15) is 64.7 Å². The Morgan fingerprint density at radius 2 is 1.47 bits per heavy atom. The minimum atomic E-state index is 0.276. The predicted octanol–water partition coefficient (Wildman–Crippen LogP) is 3.28. The molecule has 1 fully saturated rings. The van der Waals surface area contributed by atoms with E-state index in [0.29, 0.717) is 12.2 Å². The van der Waals surface area contributed by atoms with Crippen molar-refractivity contribution in [2.75, 3.05) is 6.61 Å². The van der Waals surface area contributed by atoms with Gasteiger partial charge in [0, 0.05) is 6.61 Å². The van der Waals surface area contributed by atoms with Crippen molar-refractivity contribution in [3.63, 3.8) is 0 Å². The maximum absolute atomic E-state index is 8.71. The van der Waals surface area contributed by atoms with Crippen molar-refractivity contribution in [3.05, 3.63) is 0 Å². The summed E-state index contributed by atoms with van der Waals surface area (Å²) in [4.78, 5) is 0. The van der Waals surface area contributed by atoms with Gasteiger partial charge in [-0.15, -0.1) is 0 Å². The molecule has 1 N–H and O–H groups in total. The van der Waals surface area contributed by atoms with E-state index in [-0.39, 0.29) is 6.61 Å². The van der Waals surface area contributed by atoms with Gasteiger partial charge < -0.3 is 9.84 Å². The number of aliphatic hydroxyl groups excluding tert-OH is 1. The molecule has 2 unspecified atom stereocenters. The summed E-state index contributed by atoms with van der Waals surface area (Å²) < 4.78 is 5.44. The van der Waals surface area contributed by atoms with Crippen LogP contribution in [-0.2, 0) is 4.74 Å². The number of unbranched alkanes of at least 4 members (excludes halogenated alkanes) is 6. The van der Waals surface area contributed by atoms with Crippen molar-refractivity contribution < 1.29 is 9.84 Å². The molecular formula is C13H26O2. The highest BCUT2D eigenvalue weighted by atomic mass is 16.6. The first-order valence-corrected chi connectivity index (χ1v) is 6.64. The zero-order chi connectivity index (χ0) is 10.9. The van der Waals surface area contributed by atoms with Crippen LogP contribution in [0.2, 0.25) is 0 Å². The molecule has 0 spiro atoms. The molecule has 1 aliphatic rings. The fraction of sp³-hybridized carbons (Fsp3) is 1.00. The van der Waals surface area contributed by atoms with Gasteiger partial charge in [-0.3, -0.25) is 0 Å². The topological polar surface area (TPSA) is 32.8 Å². The van der Waals surface area contributed by atoms with Crippen molar-refractivity contribution >= 4 is 0 Å². The lowest BCUT2D eigenvalue weighted by Gasteiger charge is -1.99. The van der Waals surface area contributed by atoms with Crippen LogP contribution in [-0.4, -0.2) is 23.9 Å². The fourth-order valence-electron chi connectivity index (χ4n) is 2.12. The SMILES string of the molecule is CCCCCCCCCC1OC1CCO. The normalized spacial score (nSPS) is 24.4. The molecule has 0 bridgehead atoms. The van der Waals surface area contributed by atoms with E-state index >= 15 is 0 Å². The van der Waals surface area contributed by atoms with Gasteiger partial charge in [-0.2, -0.15) is 0 Å². The van der Waals surface area contributed by atoms with Crippen LogP contribution in [0.25, 0.3) is 0 Å². The summed E-state index contributed by atoms with van der Waals surface area (Å²) in [6.45, 7) is 2.53. The summed E-state index contributed by atoms with van der Waals surface area (Å²) >= 11 is 0. The minimum Gasteiger partial charge on any atom is -0.396 e. The third-order valence-corrected chi connectivity index (χ3v) is 3.19. The molecule has 0 amide bonds. The summed E-state index contributed by atoms with van der Waals surface area (Å²) in [5, 5.41) is 8.71. The van der Waals surface area contributed by atoms with Crippen LogP contribution >= 0.6 is 0 Å². The number of epoxide rings is 1. The first-order valence-electron chi connectivity index (χ1n) is 6.64. The zero-order valence-electron chi connectivity index (χ0n) is 10.1. The molecule has 2 heteroatoms. The van der Waals surface area contributed by atoms with Crippen LogP contribution < -0.4 is 0 Å². The largest absolute Gasteiger partial charge is 0.396 e. The predicted molar refractivity (Wildman–Crippen MR) is 63.0 cm³/mol. The van der Waals surface area contributed by atoms with Crippen LogP contribution in [0.5, 0.6) is 0 Å². The van der Waals surface area contributed by atoms with Crippen LogP contribution in [0, 0.1) is 0 Å². The molecular weight excluding hydrogens is 188 g/mol. The lowest BCUT2D eigenvalue weighted by molar-refractivity contribution is 0.262. The summed E-state index contributed by atoms with van der Waals surface area (Å²) in [5.41, 5.74) is 0. The molecule has 0 saturated carbocycles. The van der Waals surface area contributed by atoms with Gasteiger partial charge in [-0.1, -0.05) is 51.9 Å². The van der Waals surface area contributed by atoms with E-state index in [1.807, 2.05) is 0 Å². The van der Waals surface area contributed by atoms with Crippen molar-refractivity contribution in [1.29, 1.82) is 0 Å². The second kappa shape index (κ2) is 8.12. The molecule has 2 nitrogen and oxygen atoms in total. The van der Waals surface area contributed by atoms with Crippen LogP contribution in [0.3, 0.4) is 0 Å². The standard InChI is InChI=1S/C13H26O2/c1-2-3-4-5-6-7-8-9-12-13(15-12)10-11-14/h12-14H,2-11H2,1H3. The summed E-state index contributed by atoms with van der Waals surface area (Å²) in [7, 11) is 0. The highest BCUT2D eigenvalue weighted by Gasteiger charge is 2.36. The monoisotopic (exact) mass is 214 g/mol. The Balaban J connectivity index is 1.75. The lowest BCUT2D eigenvalue weighted by Crippen LogP contribution is -1.96. The summed E-state index contributed by atoms with van der Waals surface area (Å²) in [6, 6.07) is 0. The van der Waals surface area contributed by atoms with Gasteiger partial charge in [-0.25, -0.2) is 0 Å². The Morgan fingerprint density at radius 3 is 2.13 bits per heavy atom. The van der Waals surface area contributed by atoms with Crippen molar-refractivity contribution in [1.82, 2.24) is 0 Å². The van der Waals surface area contributed by atoms with E-state index in [9.17, 15) is 0 Å². The molecule has 0 aromatic heterocycles. The van der Waals surface area contributed by atoms with Crippen LogP contribution in [0.4, 0.5) is 0 Å². The Bertz CT molecular complexity index is 147. The highest BCUT2D eigenvalue weighted by molar-refractivity contribution is 4.83. The van der Waals surface area contributed by atoms with Gasteiger partial charge >= 0.3 is 0 Å². The molecule has 2 atom stereocenters. The summed E-state index contributed by atoms with van der Waals surface area (Å²) in [5.74, 6) is 0. The minimum absolute atomic E-state index is 0.276. The smallest absolute Gasteiger partial charge is 0.0863 e. The van der Waals surface area contributed by atoms with E-state index in [1.54, 1.807) is 0 Å². The van der Waals surface area contributed by atoms with E-state index in [0.717, 1.165) is 6.42 Å². The average molecular weight is 214 g/mol. The first kappa shape index (κ1) is 13.0. The van der Waals surface area contributed by atoms with E-state index in [4.69, 9.17) is 9.84 Å². The maximum atomic E-state index is 8.71. The number of aliphatic hydroxyl groups is 1. The number of rotatable bonds is 10. The second-order valence-corrected chi connectivity index (χ2v) is 4.64. The molecule has 0 aromatic carbocycles. The average Bonchev–Trinajstić information content (AvgIpc) is 2.96. The summed E-state index contributed by atoms with van der Waals surface area (Å²) in [6.07, 6.45) is 12.5. The Kier molecular flexibility index (Phi) is 7.03. The van der Waals surface area contributed by atoms with Crippen molar-refractivity contribution in [3.8, 4) is 0 Å². The van der Waals surface area contributed by atoms with E-state index in [1.165, 1.54) is 51.4 Å². The van der Waals surface area contributed by atoms with Gasteiger partial charge in [0.2, 0.25) is 0 Å². The maximum Gasteiger partial charge on any atom is 0.0863 e. The second-order valence-electron chi connectivity index (χ2n) is 4.64. The van der Waals surface area contributed by atoms with Crippen molar-refractivity contribution in [2.45, 2.75) is 76.9 Å². The number of hydrogen-bond acceptors (Lipinski definition) is 2. The Hall–Kier alpha value is -0.0800. The Morgan fingerprint density at radius 1 is 0.867 bits per heavy atom. The van der Waals surface area contributed by atoms with Gasteiger partial charge in [0.25, 0.3) is 0 Å². The third kappa shape index (κ3) is 6.16. The molecule has 1 saturated heterocycles. The molecule has 0 radical (unpaired) electrons. The molecule has 1 rings (SSSR count). The Labute approximate surface area is 94.0 Å². The van der Waals surface area contributed by atoms with Crippen molar-refractivity contribution in [2.24, 2.45) is 0 Å². The van der Waals surface area contributed by atoms with Gasteiger partial charge in [0.05, 0.1) is 12.2 Å². The molecule has 1 heterocycles. The molecule has 90 valence electrons. The van der Waals surface area contributed by atoms with E-state index < -0.39 is 0 Å². The zero-order valence-corrected chi connectivity index (χ0v) is 10.1. The third-order valence-electron chi connectivity index (χ3n) is 3.19. The van der Waals surface area contributed by atoms with Crippen LogP contribution in [0.15, 0.2) is 0 Å². The lowest BCUT2D eigenvalue weighted by atomic mass is 10.1. The van der Waals surface area contributed by atoms with Gasteiger partial charge in [0.1, 0.15) is 0 Å². The number of ether oxygens (including phenoxy) is 1. The molecule has 1 aliphatic heterocycles. The molecule has 15 heavy (non-hydrogen) atoms. The molecule has 0 aromatic rings. The van der Waals surface area contributed by atoms with E-state index in [2.05, 4.69) is 6.92 Å². The number of hydrogen-bond donors (Lipinski definition) is 1. The molecule has 0 aliphatic carbocycles. The van der Waals surface area contributed by atoms with Gasteiger partial charge in [0.15, 0.2) is 0 Å². The van der Waals surface area contributed by atoms with Gasteiger partial charge in [-0.05, 0) is 12.8 Å². The quantitative estimate of drug-likeness (QED) is 0.447. The highest BCUT2D eigenvalue weighted by Crippen LogP contribution is 2.29. The fourth-order valence-corrected chi connectivity index (χ4v) is 2.12. The first-order chi connectivity index (χ1) is 7.38.